The molecule has 0 bridgehead atoms. The average molecular weight is 627 g/mol. The number of unbranched alkanes of at least 4 members (excludes halogenated alkanes) is 6. The minimum absolute atomic E-state index is 0.118. The Morgan fingerprint density at radius 1 is 0.595 bits per heavy atom. The molecule has 1 rings (SSSR count). The van der Waals surface area contributed by atoms with Crippen LogP contribution in [0, 0.1) is 0 Å². The molecule has 2 unspecified atom stereocenters. The van der Waals surface area contributed by atoms with Gasteiger partial charge in [-0.15, -0.1) is 0 Å². The lowest BCUT2D eigenvalue weighted by molar-refractivity contribution is -0.323. The van der Waals surface area contributed by atoms with Crippen molar-refractivity contribution in [2.75, 3.05) is 46.2 Å². The van der Waals surface area contributed by atoms with E-state index in [-0.39, 0.29) is 19.8 Å². The maximum Gasteiger partial charge on any atom is 0.474 e. The molecule has 10 nitrogen and oxygen atoms in total. The van der Waals surface area contributed by atoms with Gasteiger partial charge in [0.25, 0.3) is 0 Å². The van der Waals surface area contributed by atoms with Crippen molar-refractivity contribution in [2.24, 2.45) is 0 Å². The second-order valence-corrected chi connectivity index (χ2v) is 12.6. The van der Waals surface area contributed by atoms with Gasteiger partial charge in [-0.1, -0.05) is 80.1 Å². The summed E-state index contributed by atoms with van der Waals surface area (Å²) < 4.78 is 62.3. The number of hydrogen-bond acceptors (Lipinski definition) is 10. The first-order chi connectivity index (χ1) is 20.4. The van der Waals surface area contributed by atoms with E-state index in [1.807, 2.05) is 13.8 Å². The molecule has 0 aromatic carbocycles. The second kappa shape index (κ2) is 25.1. The highest BCUT2D eigenvalue weighted by molar-refractivity contribution is 7.48. The number of aliphatic hydroxyl groups excluding tert-OH is 1. The summed E-state index contributed by atoms with van der Waals surface area (Å²) in [6, 6.07) is 0. The van der Waals surface area contributed by atoms with Gasteiger partial charge in [0, 0.05) is 26.4 Å². The van der Waals surface area contributed by atoms with Crippen LogP contribution in [0.5, 0.6) is 0 Å². The Labute approximate surface area is 256 Å². The van der Waals surface area contributed by atoms with Gasteiger partial charge in [-0.3, -0.25) is 13.6 Å². The molecule has 0 amide bonds. The summed E-state index contributed by atoms with van der Waals surface area (Å²) in [5.41, 5.74) is 0. The minimum atomic E-state index is -3.85. The SMILES string of the molecule is CCCCOC1[C@H](OCCCC)C([C@@H](COP(=O)(OCCCC)OCCCC)OCCCC)O[C@@H](O)[C@@H]1OCCCC. The summed E-state index contributed by atoms with van der Waals surface area (Å²) in [5, 5.41) is 11.2. The molecular formula is C31H63O10P. The normalized spacial score (nSPS) is 23.8. The predicted octanol–water partition coefficient (Wildman–Crippen LogP) is 7.20. The molecule has 1 fully saturated rings. The quantitative estimate of drug-likeness (QED) is 0.0707. The fourth-order valence-electron chi connectivity index (χ4n) is 4.33. The van der Waals surface area contributed by atoms with Crippen molar-refractivity contribution in [3.8, 4) is 0 Å². The third-order valence-electron chi connectivity index (χ3n) is 7.06. The summed E-state index contributed by atoms with van der Waals surface area (Å²) in [5.74, 6) is 0. The van der Waals surface area contributed by atoms with Crippen LogP contribution in [0.25, 0.3) is 0 Å². The van der Waals surface area contributed by atoms with Crippen LogP contribution in [0.1, 0.15) is 119 Å². The predicted molar refractivity (Wildman–Crippen MR) is 165 cm³/mol. The maximum absolute atomic E-state index is 13.6. The van der Waals surface area contributed by atoms with E-state index in [9.17, 15) is 9.67 Å². The standard InChI is InChI=1S/C31H63O10P/c1-7-13-19-34-26(25-40-42(33,38-23-17-11-5)39-24-18-12-6)27-28(35-20-14-8-2)29(36-21-15-9-3)30(31(32)41-27)37-22-16-10-4/h26-32H,7-25H2,1-6H3/t26-,27?,28-,29?,30-,31-/m1/s1. The summed E-state index contributed by atoms with van der Waals surface area (Å²) in [6.45, 7) is 14.8. The van der Waals surface area contributed by atoms with Crippen molar-refractivity contribution in [1.29, 1.82) is 0 Å². The van der Waals surface area contributed by atoms with Crippen LogP contribution in [-0.2, 0) is 41.8 Å². The molecule has 252 valence electrons. The van der Waals surface area contributed by atoms with Gasteiger partial charge >= 0.3 is 7.82 Å². The molecule has 42 heavy (non-hydrogen) atoms. The fourth-order valence-corrected chi connectivity index (χ4v) is 5.59. The van der Waals surface area contributed by atoms with Crippen LogP contribution in [-0.4, -0.2) is 88.2 Å². The number of aliphatic hydroxyl groups is 1. The zero-order valence-electron chi connectivity index (χ0n) is 27.5. The van der Waals surface area contributed by atoms with Crippen molar-refractivity contribution in [3.63, 3.8) is 0 Å². The lowest BCUT2D eigenvalue weighted by Gasteiger charge is -2.46. The summed E-state index contributed by atoms with van der Waals surface area (Å²) >= 11 is 0. The monoisotopic (exact) mass is 626 g/mol. The molecular weight excluding hydrogens is 563 g/mol. The molecule has 1 aliphatic rings. The van der Waals surface area contributed by atoms with Crippen molar-refractivity contribution in [1.82, 2.24) is 0 Å². The molecule has 1 saturated heterocycles. The van der Waals surface area contributed by atoms with E-state index in [1.165, 1.54) is 0 Å². The van der Waals surface area contributed by atoms with Crippen molar-refractivity contribution < 1.29 is 46.9 Å². The molecule has 6 atom stereocenters. The van der Waals surface area contributed by atoms with Gasteiger partial charge in [-0.2, -0.15) is 0 Å². The highest BCUT2D eigenvalue weighted by Crippen LogP contribution is 2.50. The lowest BCUT2D eigenvalue weighted by atomic mass is 9.94. The molecule has 11 heteroatoms. The molecule has 0 aromatic heterocycles. The first-order valence-corrected chi connectivity index (χ1v) is 18.2. The van der Waals surface area contributed by atoms with Gasteiger partial charge in [0.2, 0.25) is 0 Å². The number of rotatable bonds is 28. The molecule has 0 radical (unpaired) electrons. The summed E-state index contributed by atoms with van der Waals surface area (Å²) in [6.07, 6.45) is 5.89. The van der Waals surface area contributed by atoms with Gasteiger partial charge in [0.1, 0.15) is 30.5 Å². The first kappa shape index (κ1) is 39.9. The van der Waals surface area contributed by atoms with Crippen LogP contribution in [0.4, 0.5) is 0 Å². The maximum atomic E-state index is 13.6. The molecule has 0 saturated carbocycles. The van der Waals surface area contributed by atoms with E-state index in [0.29, 0.717) is 26.4 Å². The Balaban J connectivity index is 3.29. The Hall–Kier alpha value is -0.130. The number of phosphoric acid groups is 1. The largest absolute Gasteiger partial charge is 0.474 e. The molecule has 0 aliphatic carbocycles. The number of ether oxygens (including phenoxy) is 5. The molecule has 1 heterocycles. The topological polar surface area (TPSA) is 111 Å². The Morgan fingerprint density at radius 2 is 1.02 bits per heavy atom. The van der Waals surface area contributed by atoms with Crippen LogP contribution in [0.2, 0.25) is 0 Å². The van der Waals surface area contributed by atoms with Crippen LogP contribution in [0.15, 0.2) is 0 Å². The van der Waals surface area contributed by atoms with E-state index < -0.39 is 44.6 Å². The van der Waals surface area contributed by atoms with E-state index in [2.05, 4.69) is 27.7 Å². The highest BCUT2D eigenvalue weighted by atomic mass is 31.2. The highest BCUT2D eigenvalue weighted by Gasteiger charge is 2.51. The van der Waals surface area contributed by atoms with Gasteiger partial charge < -0.3 is 28.8 Å². The van der Waals surface area contributed by atoms with E-state index in [4.69, 9.17) is 37.3 Å². The molecule has 1 aliphatic heterocycles. The van der Waals surface area contributed by atoms with Crippen molar-refractivity contribution in [2.45, 2.75) is 155 Å². The second-order valence-electron chi connectivity index (χ2n) is 10.9. The molecule has 1 N–H and O–H groups in total. The average Bonchev–Trinajstić information content (AvgIpc) is 2.97. The smallest absolute Gasteiger partial charge is 0.373 e. The number of phosphoric ester groups is 1. The summed E-state index contributed by atoms with van der Waals surface area (Å²) in [4.78, 5) is 0. The van der Waals surface area contributed by atoms with Crippen molar-refractivity contribution in [3.05, 3.63) is 0 Å². The van der Waals surface area contributed by atoms with Crippen LogP contribution < -0.4 is 0 Å². The van der Waals surface area contributed by atoms with E-state index in [1.54, 1.807) is 0 Å². The third kappa shape index (κ3) is 15.7. The molecule has 0 spiro atoms. The third-order valence-corrected chi connectivity index (χ3v) is 8.52. The zero-order chi connectivity index (χ0) is 31.1. The van der Waals surface area contributed by atoms with Gasteiger partial charge in [0.05, 0.1) is 19.8 Å². The van der Waals surface area contributed by atoms with Crippen LogP contribution >= 0.6 is 7.82 Å². The Kier molecular flexibility index (Phi) is 23.8. The summed E-state index contributed by atoms with van der Waals surface area (Å²) in [7, 11) is -3.85. The zero-order valence-corrected chi connectivity index (χ0v) is 28.4. The first-order valence-electron chi connectivity index (χ1n) is 16.7. The Bertz CT molecular complexity index is 656. The van der Waals surface area contributed by atoms with E-state index in [0.717, 1.165) is 77.0 Å². The minimum Gasteiger partial charge on any atom is -0.373 e. The van der Waals surface area contributed by atoms with Gasteiger partial charge in [-0.05, 0) is 38.5 Å². The van der Waals surface area contributed by atoms with E-state index >= 15 is 0 Å². The van der Waals surface area contributed by atoms with Gasteiger partial charge in [0.15, 0.2) is 6.29 Å². The fraction of sp³-hybridized carbons (Fsp3) is 1.00. The Morgan fingerprint density at radius 3 is 1.52 bits per heavy atom. The van der Waals surface area contributed by atoms with Gasteiger partial charge in [-0.25, -0.2) is 4.57 Å². The van der Waals surface area contributed by atoms with Crippen molar-refractivity contribution >= 4 is 7.82 Å². The number of hydrogen-bond donors (Lipinski definition) is 1. The molecule has 0 aromatic rings. The van der Waals surface area contributed by atoms with Crippen LogP contribution in [0.3, 0.4) is 0 Å². The lowest BCUT2D eigenvalue weighted by Crippen LogP contribution is -2.64.